The van der Waals surface area contributed by atoms with Crippen LogP contribution >= 0.6 is 0 Å². The maximum atomic E-state index is 12.8. The highest BCUT2D eigenvalue weighted by Gasteiger charge is 2.52. The zero-order chi connectivity index (χ0) is 30.6. The van der Waals surface area contributed by atoms with Crippen molar-refractivity contribution < 1.29 is 53.4 Å². The number of carbonyl (C=O) groups is 4. The van der Waals surface area contributed by atoms with Gasteiger partial charge in [-0.25, -0.2) is 4.79 Å². The zero-order valence-electron chi connectivity index (χ0n) is 24.3. The number of hydrogen-bond acceptors (Lipinski definition) is 9. The van der Waals surface area contributed by atoms with Gasteiger partial charge in [0.05, 0.1) is 27.1 Å². The number of carbonyl (C=O) groups excluding carboxylic acids is 1. The fourth-order valence-electron chi connectivity index (χ4n) is 7.23. The highest BCUT2D eigenvalue weighted by molar-refractivity contribution is 5.77. The standard InChI is InChI=1S/C30H41NO11/c1-4-9-31-10-5-6-17-11-18-16(12-22(17)31)7-8-23(39-2)27(18)41-30-21(15-26(36)37)19(13-24(32)33)20(14-25(34)35)28(42-30)29(38)40-3/h7-8,17,19-22,28,30H,4-6,9-15H2,1-3H3,(H,32,33)(H,34,35)(H,36,37)/t17-,19+,20+,21-,22-,28+,30-/m1/s1. The van der Waals surface area contributed by atoms with E-state index >= 15 is 0 Å². The van der Waals surface area contributed by atoms with Crippen molar-refractivity contribution in [3.63, 3.8) is 0 Å². The van der Waals surface area contributed by atoms with E-state index in [9.17, 15) is 34.5 Å². The highest BCUT2D eigenvalue weighted by atomic mass is 16.7. The molecule has 3 N–H and O–H groups in total. The Bertz CT molecular complexity index is 1170. The van der Waals surface area contributed by atoms with Crippen LogP contribution in [0.1, 0.15) is 56.6 Å². The molecule has 3 aliphatic rings. The van der Waals surface area contributed by atoms with Gasteiger partial charge in [-0.2, -0.15) is 0 Å². The number of fused-ring (bicyclic) bond motifs is 2. The highest BCUT2D eigenvalue weighted by Crippen LogP contribution is 2.47. The molecule has 7 atom stereocenters. The molecule has 2 saturated heterocycles. The largest absolute Gasteiger partial charge is 0.493 e. The minimum absolute atomic E-state index is 0.371. The number of piperidine rings is 1. The molecule has 0 saturated carbocycles. The van der Waals surface area contributed by atoms with Gasteiger partial charge in [0.15, 0.2) is 17.6 Å². The first-order chi connectivity index (χ1) is 20.1. The molecule has 2 aliphatic heterocycles. The molecule has 0 aromatic heterocycles. The lowest BCUT2D eigenvalue weighted by atomic mass is 9.71. The molecule has 12 heteroatoms. The molecule has 0 bridgehead atoms. The Hall–Kier alpha value is -3.38. The Morgan fingerprint density at radius 2 is 1.62 bits per heavy atom. The second kappa shape index (κ2) is 13.7. The van der Waals surface area contributed by atoms with Gasteiger partial charge in [-0.15, -0.1) is 0 Å². The molecule has 2 fully saturated rings. The van der Waals surface area contributed by atoms with E-state index in [0.717, 1.165) is 57.0 Å². The summed E-state index contributed by atoms with van der Waals surface area (Å²) < 4.78 is 23.1. The third-order valence-electron chi connectivity index (χ3n) is 9.00. The van der Waals surface area contributed by atoms with Gasteiger partial charge in [0.2, 0.25) is 6.29 Å². The van der Waals surface area contributed by atoms with Gasteiger partial charge in [-0.05, 0) is 68.7 Å². The maximum Gasteiger partial charge on any atom is 0.335 e. The smallest absolute Gasteiger partial charge is 0.335 e. The molecule has 2 heterocycles. The van der Waals surface area contributed by atoms with Crippen molar-refractivity contribution in [1.29, 1.82) is 0 Å². The van der Waals surface area contributed by atoms with Crippen LogP contribution in [-0.2, 0) is 41.5 Å². The number of methoxy groups -OCH3 is 2. The van der Waals surface area contributed by atoms with Gasteiger partial charge in [0.1, 0.15) is 0 Å². The Kier molecular flexibility index (Phi) is 10.3. The lowest BCUT2D eigenvalue weighted by Crippen LogP contribution is -2.54. The summed E-state index contributed by atoms with van der Waals surface area (Å²) in [5.41, 5.74) is 2.00. The van der Waals surface area contributed by atoms with Crippen LogP contribution in [0.4, 0.5) is 0 Å². The molecular weight excluding hydrogens is 550 g/mol. The maximum absolute atomic E-state index is 12.8. The summed E-state index contributed by atoms with van der Waals surface area (Å²) >= 11 is 0. The lowest BCUT2D eigenvalue weighted by molar-refractivity contribution is -0.234. The number of nitrogens with zero attached hydrogens (tertiary/aromatic N) is 1. The van der Waals surface area contributed by atoms with Gasteiger partial charge in [0, 0.05) is 29.9 Å². The van der Waals surface area contributed by atoms with Crippen LogP contribution in [0, 0.1) is 23.7 Å². The molecule has 1 aromatic carbocycles. The predicted molar refractivity (Wildman–Crippen MR) is 147 cm³/mol. The van der Waals surface area contributed by atoms with E-state index in [1.54, 1.807) is 6.07 Å². The SMILES string of the molecule is CCCN1CCC[C@@H]2Cc3c(ccc(OC)c3O[C@@H]3O[C@H](C(=O)OC)[C@@H](CC(=O)O)[C@H](CC(=O)O)[C@H]3CC(=O)O)C[C@H]21. The van der Waals surface area contributed by atoms with Crippen molar-refractivity contribution in [3.8, 4) is 11.5 Å². The monoisotopic (exact) mass is 591 g/mol. The molecule has 1 aromatic rings. The number of benzene rings is 1. The Morgan fingerprint density at radius 3 is 2.24 bits per heavy atom. The van der Waals surface area contributed by atoms with Gasteiger partial charge >= 0.3 is 23.9 Å². The normalized spacial score (nSPS) is 29.1. The minimum atomic E-state index is -1.47. The van der Waals surface area contributed by atoms with E-state index in [1.165, 1.54) is 7.11 Å². The Balaban J connectivity index is 1.76. The number of carboxylic acids is 3. The molecular formula is C30H41NO11. The number of carboxylic acid groups (broad SMARTS) is 3. The molecule has 42 heavy (non-hydrogen) atoms. The van der Waals surface area contributed by atoms with Crippen LogP contribution in [0.3, 0.4) is 0 Å². The van der Waals surface area contributed by atoms with Crippen molar-refractivity contribution in [3.05, 3.63) is 23.3 Å². The van der Waals surface area contributed by atoms with Crippen LogP contribution in [-0.4, -0.2) is 89.8 Å². The first-order valence-electron chi connectivity index (χ1n) is 14.6. The predicted octanol–water partition coefficient (Wildman–Crippen LogP) is 2.83. The van der Waals surface area contributed by atoms with Crippen LogP contribution < -0.4 is 9.47 Å². The summed E-state index contributed by atoms with van der Waals surface area (Å²) in [6, 6.07) is 4.20. The summed E-state index contributed by atoms with van der Waals surface area (Å²) in [5, 5.41) is 29.1. The van der Waals surface area contributed by atoms with Gasteiger partial charge in [-0.1, -0.05) is 13.0 Å². The molecule has 12 nitrogen and oxygen atoms in total. The van der Waals surface area contributed by atoms with Crippen molar-refractivity contribution in [2.45, 2.75) is 76.7 Å². The lowest BCUT2D eigenvalue weighted by Gasteiger charge is -2.46. The molecule has 232 valence electrons. The molecule has 4 rings (SSSR count). The van der Waals surface area contributed by atoms with Gasteiger partial charge in [0.25, 0.3) is 0 Å². The Labute approximate surface area is 244 Å². The summed E-state index contributed by atoms with van der Waals surface area (Å²) in [5.74, 6) is -6.78. The van der Waals surface area contributed by atoms with Crippen molar-refractivity contribution in [1.82, 2.24) is 4.90 Å². The number of aliphatic carboxylic acids is 3. The Morgan fingerprint density at radius 1 is 0.952 bits per heavy atom. The second-order valence-electron chi connectivity index (χ2n) is 11.5. The summed E-state index contributed by atoms with van der Waals surface area (Å²) in [4.78, 5) is 51.1. The van der Waals surface area contributed by atoms with Crippen LogP contribution in [0.25, 0.3) is 0 Å². The number of rotatable bonds is 12. The van der Waals surface area contributed by atoms with E-state index in [1.807, 2.05) is 6.07 Å². The zero-order valence-corrected chi connectivity index (χ0v) is 24.3. The molecule has 0 unspecified atom stereocenters. The van der Waals surface area contributed by atoms with Crippen LogP contribution in [0.15, 0.2) is 12.1 Å². The molecule has 0 spiro atoms. The number of ether oxygens (including phenoxy) is 4. The average molecular weight is 592 g/mol. The summed E-state index contributed by atoms with van der Waals surface area (Å²) in [6.45, 7) is 4.27. The average Bonchev–Trinajstić information content (AvgIpc) is 2.94. The molecule has 0 radical (unpaired) electrons. The fourth-order valence-corrected chi connectivity index (χ4v) is 7.23. The first kappa shape index (κ1) is 31.6. The third kappa shape index (κ3) is 6.81. The van der Waals surface area contributed by atoms with Crippen molar-refractivity contribution >= 4 is 23.9 Å². The number of likely N-dealkylation sites (tertiary alicyclic amines) is 1. The third-order valence-corrected chi connectivity index (χ3v) is 9.00. The molecule has 0 amide bonds. The van der Waals surface area contributed by atoms with Crippen LogP contribution in [0.2, 0.25) is 0 Å². The topological polar surface area (TPSA) is 169 Å². The van der Waals surface area contributed by atoms with E-state index in [4.69, 9.17) is 18.9 Å². The van der Waals surface area contributed by atoms with Gasteiger partial charge < -0.3 is 34.3 Å². The quantitative estimate of drug-likeness (QED) is 0.304. The first-order valence-corrected chi connectivity index (χ1v) is 14.6. The van der Waals surface area contributed by atoms with E-state index in [2.05, 4.69) is 11.8 Å². The fraction of sp³-hybridized carbons (Fsp3) is 0.667. The second-order valence-corrected chi connectivity index (χ2v) is 11.5. The minimum Gasteiger partial charge on any atom is -0.493 e. The van der Waals surface area contributed by atoms with Gasteiger partial charge in [-0.3, -0.25) is 19.3 Å². The van der Waals surface area contributed by atoms with E-state index < -0.39 is 73.3 Å². The van der Waals surface area contributed by atoms with Crippen LogP contribution in [0.5, 0.6) is 11.5 Å². The summed E-state index contributed by atoms with van der Waals surface area (Å²) in [6.07, 6.45) is 0.161. The number of esters is 1. The summed E-state index contributed by atoms with van der Waals surface area (Å²) in [7, 11) is 2.61. The number of hydrogen-bond donors (Lipinski definition) is 3. The molecule has 1 aliphatic carbocycles. The van der Waals surface area contributed by atoms with Crippen molar-refractivity contribution in [2.75, 3.05) is 27.3 Å². The van der Waals surface area contributed by atoms with E-state index in [0.29, 0.717) is 29.9 Å². The van der Waals surface area contributed by atoms with Crippen molar-refractivity contribution in [2.24, 2.45) is 23.7 Å². The van der Waals surface area contributed by atoms with E-state index in [-0.39, 0.29) is 0 Å².